The Morgan fingerprint density at radius 3 is 1.09 bits per heavy atom. The van der Waals surface area contributed by atoms with Crippen molar-refractivity contribution in [1.29, 1.82) is 0 Å². The number of benzene rings is 6. The summed E-state index contributed by atoms with van der Waals surface area (Å²) >= 11 is 0. The van der Waals surface area contributed by atoms with E-state index in [2.05, 4.69) is 184 Å². The molecule has 6 aromatic carbocycles. The molecule has 0 radical (unpaired) electrons. The van der Waals surface area contributed by atoms with Crippen LogP contribution in [0.15, 0.2) is 121 Å². The monoisotopic (exact) mass is 600 g/mol. The summed E-state index contributed by atoms with van der Waals surface area (Å²) in [7, 11) is 0. The molecule has 0 aliphatic rings. The maximum Gasteiger partial charge on any atom is 0.0347 e. The highest BCUT2D eigenvalue weighted by Crippen LogP contribution is 2.38. The van der Waals surface area contributed by atoms with Crippen LogP contribution in [-0.2, 0) is 0 Å². The van der Waals surface area contributed by atoms with Crippen molar-refractivity contribution in [2.24, 2.45) is 0 Å². The maximum atomic E-state index is 2.31. The van der Waals surface area contributed by atoms with Gasteiger partial charge in [-0.05, 0) is 124 Å². The second-order valence-electron chi connectivity index (χ2n) is 13.2. The SMILES string of the molecule is Cc1ccc(-c2cccc(C)c2-c2ccc(C)cc2)cc1.Cc1ccc(C(c2ccc(C)cc2C)c2ccc(C)cc2C)c(C)c1. The molecule has 0 aliphatic heterocycles. The van der Waals surface area contributed by atoms with E-state index in [-0.39, 0.29) is 5.92 Å². The largest absolute Gasteiger partial charge is 0.0613 e. The highest BCUT2D eigenvalue weighted by Gasteiger charge is 2.22. The highest BCUT2D eigenvalue weighted by molar-refractivity contribution is 5.85. The van der Waals surface area contributed by atoms with Crippen molar-refractivity contribution in [3.63, 3.8) is 0 Å². The zero-order valence-corrected chi connectivity index (χ0v) is 29.1. The van der Waals surface area contributed by atoms with Crippen molar-refractivity contribution in [1.82, 2.24) is 0 Å². The van der Waals surface area contributed by atoms with Gasteiger partial charge in [0.25, 0.3) is 0 Å². The van der Waals surface area contributed by atoms with Gasteiger partial charge in [-0.1, -0.05) is 149 Å². The topological polar surface area (TPSA) is 0 Å². The number of hydrogen-bond acceptors (Lipinski definition) is 0. The molecule has 0 saturated carbocycles. The summed E-state index contributed by atoms with van der Waals surface area (Å²) < 4.78 is 0. The predicted octanol–water partition coefficient (Wildman–Crippen LogP) is 12.7. The molecule has 0 atom stereocenters. The fraction of sp³-hybridized carbons (Fsp3) is 0.217. The minimum atomic E-state index is 0.279. The third-order valence-corrected chi connectivity index (χ3v) is 9.18. The molecular weight excluding hydrogens is 553 g/mol. The quantitative estimate of drug-likeness (QED) is 0.173. The molecule has 0 heterocycles. The Morgan fingerprint density at radius 1 is 0.326 bits per heavy atom. The van der Waals surface area contributed by atoms with E-state index in [1.54, 1.807) is 0 Å². The zero-order valence-electron chi connectivity index (χ0n) is 29.1. The predicted molar refractivity (Wildman–Crippen MR) is 200 cm³/mol. The molecule has 0 aromatic heterocycles. The molecule has 0 aliphatic carbocycles. The van der Waals surface area contributed by atoms with Gasteiger partial charge in [0.15, 0.2) is 0 Å². The van der Waals surface area contributed by atoms with E-state index in [9.17, 15) is 0 Å². The minimum absolute atomic E-state index is 0.279. The molecule has 0 amide bonds. The summed E-state index contributed by atoms with van der Waals surface area (Å²) in [5.74, 6) is 0.279. The zero-order chi connectivity index (χ0) is 33.0. The van der Waals surface area contributed by atoms with Crippen molar-refractivity contribution >= 4 is 0 Å². The number of rotatable bonds is 5. The molecule has 0 heteroatoms. The van der Waals surface area contributed by atoms with Gasteiger partial charge in [-0.3, -0.25) is 0 Å². The lowest BCUT2D eigenvalue weighted by Crippen LogP contribution is -2.09. The van der Waals surface area contributed by atoms with Crippen LogP contribution in [0.5, 0.6) is 0 Å². The molecule has 0 unspecified atom stereocenters. The normalized spacial score (nSPS) is 10.9. The van der Waals surface area contributed by atoms with Crippen LogP contribution in [0.2, 0.25) is 0 Å². The van der Waals surface area contributed by atoms with E-state index in [1.807, 2.05) is 0 Å². The first kappa shape index (κ1) is 32.7. The molecular formula is C46H48. The van der Waals surface area contributed by atoms with Crippen molar-refractivity contribution in [2.45, 2.75) is 68.2 Å². The Hall–Kier alpha value is -4.68. The molecule has 232 valence electrons. The van der Waals surface area contributed by atoms with Crippen LogP contribution in [0.1, 0.15) is 72.7 Å². The van der Waals surface area contributed by atoms with Crippen LogP contribution >= 0.6 is 0 Å². The third-order valence-electron chi connectivity index (χ3n) is 9.18. The van der Waals surface area contributed by atoms with Gasteiger partial charge in [-0.2, -0.15) is 0 Å². The molecule has 0 nitrogen and oxygen atoms in total. The molecule has 6 aromatic rings. The van der Waals surface area contributed by atoms with Crippen LogP contribution in [0.25, 0.3) is 22.3 Å². The average Bonchev–Trinajstić information content (AvgIpc) is 3.01. The van der Waals surface area contributed by atoms with Gasteiger partial charge < -0.3 is 0 Å². The number of hydrogen-bond donors (Lipinski definition) is 0. The summed E-state index contributed by atoms with van der Waals surface area (Å²) in [6, 6.07) is 44.7. The van der Waals surface area contributed by atoms with E-state index in [0.717, 1.165) is 0 Å². The van der Waals surface area contributed by atoms with Gasteiger partial charge in [0.1, 0.15) is 0 Å². The van der Waals surface area contributed by atoms with Gasteiger partial charge in [0, 0.05) is 5.92 Å². The Balaban J connectivity index is 0.000000184. The molecule has 46 heavy (non-hydrogen) atoms. The van der Waals surface area contributed by atoms with Gasteiger partial charge in [-0.25, -0.2) is 0 Å². The van der Waals surface area contributed by atoms with Crippen molar-refractivity contribution in [2.75, 3.05) is 0 Å². The second-order valence-corrected chi connectivity index (χ2v) is 13.2. The summed E-state index contributed by atoms with van der Waals surface area (Å²) in [6.45, 7) is 19.7. The summed E-state index contributed by atoms with van der Waals surface area (Å²) in [5, 5.41) is 0. The Morgan fingerprint density at radius 2 is 0.696 bits per heavy atom. The first-order chi connectivity index (χ1) is 22.0. The standard InChI is InChI=1S/C25H28.C21H20/c1-16-7-10-22(19(4)13-16)25(23-11-8-17(2)14-20(23)5)24-12-9-18(3)15-21(24)6;1-15-7-11-18(12-8-15)20-6-4-5-17(3)21(20)19-13-9-16(2)10-14-19/h7-15,25H,1-6H3;4-14H,1-3H3. The smallest absolute Gasteiger partial charge is 0.0347 e. The van der Waals surface area contributed by atoms with Gasteiger partial charge in [0.05, 0.1) is 0 Å². The first-order valence-corrected chi connectivity index (χ1v) is 16.5. The molecule has 0 fully saturated rings. The Labute approximate surface area is 277 Å². The van der Waals surface area contributed by atoms with Crippen LogP contribution < -0.4 is 0 Å². The Kier molecular flexibility index (Phi) is 10.1. The molecule has 0 spiro atoms. The van der Waals surface area contributed by atoms with Gasteiger partial charge in [0.2, 0.25) is 0 Å². The lowest BCUT2D eigenvalue weighted by molar-refractivity contribution is 0.933. The van der Waals surface area contributed by atoms with E-state index >= 15 is 0 Å². The second kappa shape index (κ2) is 14.2. The Bertz CT molecular complexity index is 1830. The molecule has 6 rings (SSSR count). The summed E-state index contributed by atoms with van der Waals surface area (Å²) in [5.41, 5.74) is 21.4. The maximum absolute atomic E-state index is 2.31. The molecule has 0 bridgehead atoms. The van der Waals surface area contributed by atoms with E-state index in [0.29, 0.717) is 0 Å². The lowest BCUT2D eigenvalue weighted by atomic mass is 9.79. The fourth-order valence-electron chi connectivity index (χ4n) is 6.70. The first-order valence-electron chi connectivity index (χ1n) is 16.5. The van der Waals surface area contributed by atoms with Crippen LogP contribution in [0.3, 0.4) is 0 Å². The summed E-state index contributed by atoms with van der Waals surface area (Å²) in [4.78, 5) is 0. The lowest BCUT2D eigenvalue weighted by Gasteiger charge is -2.25. The third kappa shape index (κ3) is 7.40. The highest BCUT2D eigenvalue weighted by atomic mass is 14.3. The molecule has 0 N–H and O–H groups in total. The fourth-order valence-corrected chi connectivity index (χ4v) is 6.70. The van der Waals surface area contributed by atoms with Gasteiger partial charge >= 0.3 is 0 Å². The van der Waals surface area contributed by atoms with Gasteiger partial charge in [-0.15, -0.1) is 0 Å². The minimum Gasteiger partial charge on any atom is -0.0613 e. The number of aryl methyl sites for hydroxylation is 9. The van der Waals surface area contributed by atoms with Crippen molar-refractivity contribution in [3.8, 4) is 22.3 Å². The summed E-state index contributed by atoms with van der Waals surface area (Å²) in [6.07, 6.45) is 0. The van der Waals surface area contributed by atoms with E-state index < -0.39 is 0 Å². The van der Waals surface area contributed by atoms with Crippen molar-refractivity contribution in [3.05, 3.63) is 188 Å². The average molecular weight is 601 g/mol. The van der Waals surface area contributed by atoms with Crippen LogP contribution in [0.4, 0.5) is 0 Å². The van der Waals surface area contributed by atoms with E-state index in [4.69, 9.17) is 0 Å². The van der Waals surface area contributed by atoms with E-state index in [1.165, 1.54) is 89.0 Å². The van der Waals surface area contributed by atoms with Crippen LogP contribution in [-0.4, -0.2) is 0 Å². The molecule has 0 saturated heterocycles. The van der Waals surface area contributed by atoms with Crippen LogP contribution in [0, 0.1) is 62.3 Å². The van der Waals surface area contributed by atoms with Crippen molar-refractivity contribution < 1.29 is 0 Å².